The van der Waals surface area contributed by atoms with Gasteiger partial charge in [-0.2, -0.15) is 13.2 Å². The predicted molar refractivity (Wildman–Crippen MR) is 50.5 cm³/mol. The van der Waals surface area contributed by atoms with Crippen molar-refractivity contribution < 1.29 is 18.0 Å². The molecule has 0 amide bonds. The Morgan fingerprint density at radius 3 is 2.67 bits per heavy atom. The van der Waals surface area contributed by atoms with Crippen LogP contribution in [0, 0.1) is 0 Å². The van der Waals surface area contributed by atoms with Crippen LogP contribution in [0.2, 0.25) is 0 Å². The van der Waals surface area contributed by atoms with Crippen LogP contribution < -0.4 is 5.73 Å². The van der Waals surface area contributed by atoms with Gasteiger partial charge < -0.3 is 5.73 Å². The molecule has 84 valence electrons. The number of nitrogens with zero attached hydrogens (tertiary/aromatic N) is 1. The van der Waals surface area contributed by atoms with Gasteiger partial charge in [0.1, 0.15) is 5.78 Å². The first-order chi connectivity index (χ1) is 6.87. The molecule has 0 spiro atoms. The van der Waals surface area contributed by atoms with Gasteiger partial charge in [0.25, 0.3) is 0 Å². The molecule has 0 saturated heterocycles. The number of rotatable bonds is 4. The monoisotopic (exact) mass is 238 g/mol. The van der Waals surface area contributed by atoms with Crippen molar-refractivity contribution in [2.75, 3.05) is 5.73 Å². The maximum Gasteiger partial charge on any atom is 0.389 e. The van der Waals surface area contributed by atoms with Crippen molar-refractivity contribution in [1.29, 1.82) is 0 Å². The number of carbonyl (C=O) groups is 1. The van der Waals surface area contributed by atoms with Gasteiger partial charge in [0.15, 0.2) is 5.13 Å². The second-order valence-corrected chi connectivity index (χ2v) is 3.90. The maximum absolute atomic E-state index is 11.8. The van der Waals surface area contributed by atoms with E-state index in [0.717, 1.165) is 11.3 Å². The van der Waals surface area contributed by atoms with Gasteiger partial charge in [0, 0.05) is 18.2 Å². The standard InChI is InChI=1S/C8H9F3N2OS/c9-8(10,11)2-1-6(14)3-5-4-15-7(12)13-5/h4H,1-3H2,(H2,12,13). The number of nitrogen functional groups attached to an aromatic ring is 1. The highest BCUT2D eigenvalue weighted by atomic mass is 32.1. The zero-order valence-electron chi connectivity index (χ0n) is 7.67. The van der Waals surface area contributed by atoms with Crippen LogP contribution in [0.3, 0.4) is 0 Å². The molecule has 3 nitrogen and oxygen atoms in total. The van der Waals surface area contributed by atoms with Crippen LogP contribution in [0.4, 0.5) is 18.3 Å². The summed E-state index contributed by atoms with van der Waals surface area (Å²) in [5, 5.41) is 1.88. The first-order valence-electron chi connectivity index (χ1n) is 4.15. The summed E-state index contributed by atoms with van der Waals surface area (Å²) < 4.78 is 35.3. The second kappa shape index (κ2) is 4.61. The third-order valence-electron chi connectivity index (χ3n) is 1.64. The van der Waals surface area contributed by atoms with E-state index in [1.54, 1.807) is 5.38 Å². The zero-order chi connectivity index (χ0) is 11.5. The molecular formula is C8H9F3N2OS. The molecule has 15 heavy (non-hydrogen) atoms. The van der Waals surface area contributed by atoms with Crippen LogP contribution in [0.25, 0.3) is 0 Å². The summed E-state index contributed by atoms with van der Waals surface area (Å²) in [6.07, 6.45) is -5.94. The summed E-state index contributed by atoms with van der Waals surface area (Å²) in [5.74, 6) is -0.474. The first kappa shape index (κ1) is 12.0. The molecule has 0 aliphatic carbocycles. The molecule has 7 heteroatoms. The molecule has 1 aromatic rings. The number of hydrogen-bond donors (Lipinski definition) is 1. The normalized spacial score (nSPS) is 11.7. The average molecular weight is 238 g/mol. The fraction of sp³-hybridized carbons (Fsp3) is 0.500. The molecule has 1 rings (SSSR count). The van der Waals surface area contributed by atoms with Gasteiger partial charge in [0.05, 0.1) is 12.1 Å². The Balaban J connectivity index is 2.37. The average Bonchev–Trinajstić information content (AvgIpc) is 2.47. The van der Waals surface area contributed by atoms with Crippen molar-refractivity contribution in [1.82, 2.24) is 4.98 Å². The molecule has 0 aliphatic rings. The lowest BCUT2D eigenvalue weighted by molar-refractivity contribution is -0.143. The molecule has 0 radical (unpaired) electrons. The largest absolute Gasteiger partial charge is 0.389 e. The van der Waals surface area contributed by atoms with E-state index in [1.165, 1.54) is 0 Å². The highest BCUT2D eigenvalue weighted by molar-refractivity contribution is 7.13. The van der Waals surface area contributed by atoms with Crippen molar-refractivity contribution in [3.05, 3.63) is 11.1 Å². The van der Waals surface area contributed by atoms with E-state index >= 15 is 0 Å². The van der Waals surface area contributed by atoms with Crippen LogP contribution in [0.1, 0.15) is 18.5 Å². The number of anilines is 1. The summed E-state index contributed by atoms with van der Waals surface area (Å²) in [5.41, 5.74) is 5.75. The number of halogens is 3. The van der Waals surface area contributed by atoms with Gasteiger partial charge in [-0.15, -0.1) is 11.3 Å². The molecule has 0 fully saturated rings. The fourth-order valence-corrected chi connectivity index (χ4v) is 1.54. The minimum atomic E-state index is -4.28. The third kappa shape index (κ3) is 4.78. The van der Waals surface area contributed by atoms with Crippen molar-refractivity contribution in [2.45, 2.75) is 25.4 Å². The minimum Gasteiger partial charge on any atom is -0.375 e. The van der Waals surface area contributed by atoms with E-state index in [1.807, 2.05) is 0 Å². The Bertz CT molecular complexity index is 348. The maximum atomic E-state index is 11.8. The van der Waals surface area contributed by atoms with Crippen molar-refractivity contribution >= 4 is 22.3 Å². The van der Waals surface area contributed by atoms with E-state index < -0.39 is 24.8 Å². The summed E-state index contributed by atoms with van der Waals surface area (Å²) in [4.78, 5) is 14.9. The molecule has 0 bridgehead atoms. The summed E-state index contributed by atoms with van der Waals surface area (Å²) in [6.45, 7) is 0. The van der Waals surface area contributed by atoms with E-state index in [4.69, 9.17) is 5.73 Å². The van der Waals surface area contributed by atoms with Gasteiger partial charge >= 0.3 is 6.18 Å². The number of carbonyl (C=O) groups excluding carboxylic acids is 1. The Hall–Kier alpha value is -1.11. The smallest absolute Gasteiger partial charge is 0.375 e. The van der Waals surface area contributed by atoms with Gasteiger partial charge in [-0.05, 0) is 0 Å². The fourth-order valence-electron chi connectivity index (χ4n) is 0.975. The zero-order valence-corrected chi connectivity index (χ0v) is 8.49. The van der Waals surface area contributed by atoms with Crippen LogP contribution >= 0.6 is 11.3 Å². The molecule has 1 heterocycles. The summed E-state index contributed by atoms with van der Waals surface area (Å²) >= 11 is 1.16. The SMILES string of the molecule is Nc1nc(CC(=O)CCC(F)(F)F)cs1. The minimum absolute atomic E-state index is 0.0796. The second-order valence-electron chi connectivity index (χ2n) is 3.01. The quantitative estimate of drug-likeness (QED) is 0.874. The topological polar surface area (TPSA) is 56.0 Å². The number of alkyl halides is 3. The molecule has 2 N–H and O–H groups in total. The molecule has 0 saturated carbocycles. The van der Waals surface area contributed by atoms with Crippen LogP contribution in [-0.2, 0) is 11.2 Å². The van der Waals surface area contributed by atoms with E-state index in [9.17, 15) is 18.0 Å². The van der Waals surface area contributed by atoms with Gasteiger partial charge in [-0.1, -0.05) is 0 Å². The van der Waals surface area contributed by atoms with Crippen molar-refractivity contribution in [2.24, 2.45) is 0 Å². The van der Waals surface area contributed by atoms with Crippen LogP contribution in [0.15, 0.2) is 5.38 Å². The molecule has 0 unspecified atom stereocenters. The number of aromatic nitrogens is 1. The number of ketones is 1. The number of nitrogens with two attached hydrogens (primary N) is 1. The number of Topliss-reactive ketones (excluding diaryl/α,β-unsaturated/α-hetero) is 1. The molecule has 0 aliphatic heterocycles. The van der Waals surface area contributed by atoms with E-state index in [2.05, 4.69) is 4.98 Å². The number of hydrogen-bond acceptors (Lipinski definition) is 4. The Morgan fingerprint density at radius 1 is 1.53 bits per heavy atom. The van der Waals surface area contributed by atoms with Crippen molar-refractivity contribution in [3.63, 3.8) is 0 Å². The molecule has 0 atom stereocenters. The first-order valence-corrected chi connectivity index (χ1v) is 5.03. The van der Waals surface area contributed by atoms with E-state index in [-0.39, 0.29) is 6.42 Å². The molecular weight excluding hydrogens is 229 g/mol. The van der Waals surface area contributed by atoms with Gasteiger partial charge in [-0.3, -0.25) is 4.79 Å². The lowest BCUT2D eigenvalue weighted by Crippen LogP contribution is -2.12. The predicted octanol–water partition coefficient (Wildman–Crippen LogP) is 2.18. The highest BCUT2D eigenvalue weighted by Crippen LogP contribution is 2.22. The lowest BCUT2D eigenvalue weighted by Gasteiger charge is -2.03. The van der Waals surface area contributed by atoms with E-state index in [0.29, 0.717) is 10.8 Å². The van der Waals surface area contributed by atoms with Crippen LogP contribution in [-0.4, -0.2) is 16.9 Å². The third-order valence-corrected chi connectivity index (χ3v) is 2.36. The highest BCUT2D eigenvalue weighted by Gasteiger charge is 2.27. The van der Waals surface area contributed by atoms with Crippen molar-refractivity contribution in [3.8, 4) is 0 Å². The molecule has 0 aromatic carbocycles. The lowest BCUT2D eigenvalue weighted by atomic mass is 10.1. The molecule has 1 aromatic heterocycles. The Morgan fingerprint density at radius 2 is 2.20 bits per heavy atom. The van der Waals surface area contributed by atoms with Crippen LogP contribution in [0.5, 0.6) is 0 Å². The van der Waals surface area contributed by atoms with Gasteiger partial charge in [-0.25, -0.2) is 4.98 Å². The Labute approximate surface area is 88.1 Å². The Kier molecular flexibility index (Phi) is 3.67. The number of thiazole rings is 1. The van der Waals surface area contributed by atoms with Gasteiger partial charge in [0.2, 0.25) is 0 Å². The summed E-state index contributed by atoms with van der Waals surface area (Å²) in [7, 11) is 0. The summed E-state index contributed by atoms with van der Waals surface area (Å²) in [6, 6.07) is 0.